The lowest BCUT2D eigenvalue weighted by Crippen LogP contribution is -2.48. The summed E-state index contributed by atoms with van der Waals surface area (Å²) in [5.74, 6) is 0.342. The summed E-state index contributed by atoms with van der Waals surface area (Å²) in [6, 6.07) is 3.98. The number of aryl methyl sites for hydroxylation is 1. The average Bonchev–Trinajstić information content (AvgIpc) is 2.58. The number of amides is 1. The number of rotatable bonds is 7. The number of hydrogen-bond acceptors (Lipinski definition) is 5. The Morgan fingerprint density at radius 2 is 2.00 bits per heavy atom. The summed E-state index contributed by atoms with van der Waals surface area (Å²) < 4.78 is 0. The zero-order chi connectivity index (χ0) is 16.8. The van der Waals surface area contributed by atoms with E-state index in [0.717, 1.165) is 30.5 Å². The molecule has 1 fully saturated rings. The molecule has 2 heterocycles. The molecule has 1 atom stereocenters. The standard InChI is InChI=1S/C18H22N4O2/c23-16-10-14(11-16)17(9-13-3-5-19-6-4-13)22-18(24)2-1-15-12-20-7-8-21-15/h3-8,12,14,16-17,23H,1-2,9-11H2,(H,22,24). The maximum Gasteiger partial charge on any atom is 0.220 e. The number of carbonyl (C=O) groups excluding carboxylic acids is 1. The predicted molar refractivity (Wildman–Crippen MR) is 89.0 cm³/mol. The molecule has 0 aliphatic heterocycles. The summed E-state index contributed by atoms with van der Waals surface area (Å²) in [6.45, 7) is 0. The van der Waals surface area contributed by atoms with Gasteiger partial charge in [-0.1, -0.05) is 0 Å². The Labute approximate surface area is 141 Å². The summed E-state index contributed by atoms with van der Waals surface area (Å²) >= 11 is 0. The number of hydrogen-bond donors (Lipinski definition) is 2. The van der Waals surface area contributed by atoms with Crippen molar-refractivity contribution >= 4 is 5.91 Å². The van der Waals surface area contributed by atoms with Crippen molar-refractivity contribution in [2.75, 3.05) is 0 Å². The smallest absolute Gasteiger partial charge is 0.220 e. The SMILES string of the molecule is O=C(CCc1cnccn1)NC(Cc1ccncc1)C1CC(O)C1. The monoisotopic (exact) mass is 326 g/mol. The van der Waals surface area contributed by atoms with E-state index in [2.05, 4.69) is 20.3 Å². The summed E-state index contributed by atoms with van der Waals surface area (Å²) in [4.78, 5) is 24.5. The van der Waals surface area contributed by atoms with Gasteiger partial charge in [0.15, 0.2) is 0 Å². The minimum absolute atomic E-state index is 0.0149. The lowest BCUT2D eigenvalue weighted by Gasteiger charge is -2.38. The second kappa shape index (κ2) is 7.97. The Hall–Kier alpha value is -2.34. The van der Waals surface area contributed by atoms with Crippen molar-refractivity contribution in [3.05, 3.63) is 54.4 Å². The maximum absolute atomic E-state index is 12.3. The molecule has 0 bridgehead atoms. The van der Waals surface area contributed by atoms with E-state index in [9.17, 15) is 9.90 Å². The van der Waals surface area contributed by atoms with Crippen LogP contribution in [-0.2, 0) is 17.6 Å². The molecule has 2 N–H and O–H groups in total. The molecular weight excluding hydrogens is 304 g/mol. The van der Waals surface area contributed by atoms with Gasteiger partial charge in [-0.25, -0.2) is 0 Å². The van der Waals surface area contributed by atoms with Crippen LogP contribution in [0, 0.1) is 5.92 Å². The van der Waals surface area contributed by atoms with E-state index in [1.54, 1.807) is 31.0 Å². The molecule has 126 valence electrons. The van der Waals surface area contributed by atoms with Gasteiger partial charge in [-0.3, -0.25) is 19.7 Å². The topological polar surface area (TPSA) is 88.0 Å². The molecule has 1 unspecified atom stereocenters. The zero-order valence-electron chi connectivity index (χ0n) is 13.5. The molecule has 1 saturated carbocycles. The van der Waals surface area contributed by atoms with Gasteiger partial charge in [-0.05, 0) is 49.3 Å². The highest BCUT2D eigenvalue weighted by molar-refractivity contribution is 5.76. The van der Waals surface area contributed by atoms with Gasteiger partial charge in [0.05, 0.1) is 11.8 Å². The summed E-state index contributed by atoms with van der Waals surface area (Å²) in [5.41, 5.74) is 1.96. The molecule has 2 aromatic heterocycles. The van der Waals surface area contributed by atoms with Crippen molar-refractivity contribution < 1.29 is 9.90 Å². The van der Waals surface area contributed by atoms with E-state index in [0.29, 0.717) is 18.8 Å². The fourth-order valence-corrected chi connectivity index (χ4v) is 3.05. The Morgan fingerprint density at radius 3 is 2.67 bits per heavy atom. The fourth-order valence-electron chi connectivity index (χ4n) is 3.05. The van der Waals surface area contributed by atoms with E-state index < -0.39 is 0 Å². The van der Waals surface area contributed by atoms with E-state index in [4.69, 9.17) is 0 Å². The zero-order valence-corrected chi connectivity index (χ0v) is 13.5. The Balaban J connectivity index is 1.55. The molecular formula is C18H22N4O2. The number of pyridine rings is 1. The van der Waals surface area contributed by atoms with Crippen LogP contribution in [0.3, 0.4) is 0 Å². The highest BCUT2D eigenvalue weighted by atomic mass is 16.3. The quantitative estimate of drug-likeness (QED) is 0.801. The third-order valence-electron chi connectivity index (χ3n) is 4.49. The van der Waals surface area contributed by atoms with Crippen LogP contribution in [0.5, 0.6) is 0 Å². The van der Waals surface area contributed by atoms with Crippen LogP contribution >= 0.6 is 0 Å². The Bertz CT molecular complexity index is 645. The predicted octanol–water partition coefficient (Wildman–Crippen LogP) is 1.30. The van der Waals surface area contributed by atoms with Gasteiger partial charge in [-0.2, -0.15) is 0 Å². The van der Waals surface area contributed by atoms with E-state index in [-0.39, 0.29) is 18.1 Å². The highest BCUT2D eigenvalue weighted by Crippen LogP contribution is 2.31. The third-order valence-corrected chi connectivity index (χ3v) is 4.49. The number of nitrogens with one attached hydrogen (secondary N) is 1. The molecule has 1 aliphatic rings. The van der Waals surface area contributed by atoms with E-state index in [1.165, 1.54) is 0 Å². The molecule has 1 amide bonds. The average molecular weight is 326 g/mol. The lowest BCUT2D eigenvalue weighted by molar-refractivity contribution is -0.122. The molecule has 6 nitrogen and oxygen atoms in total. The molecule has 2 aromatic rings. The highest BCUT2D eigenvalue weighted by Gasteiger charge is 2.34. The maximum atomic E-state index is 12.3. The number of aromatic nitrogens is 3. The fraction of sp³-hybridized carbons (Fsp3) is 0.444. The van der Waals surface area contributed by atoms with Gasteiger partial charge in [0.2, 0.25) is 5.91 Å². The van der Waals surface area contributed by atoms with Crippen LogP contribution in [0.1, 0.15) is 30.5 Å². The molecule has 1 aliphatic carbocycles. The van der Waals surface area contributed by atoms with Crippen LogP contribution in [0.2, 0.25) is 0 Å². The Kier molecular flexibility index (Phi) is 5.48. The van der Waals surface area contributed by atoms with Crippen molar-refractivity contribution in [3.63, 3.8) is 0 Å². The number of carbonyl (C=O) groups is 1. The molecule has 6 heteroatoms. The van der Waals surface area contributed by atoms with Crippen molar-refractivity contribution in [1.29, 1.82) is 0 Å². The largest absolute Gasteiger partial charge is 0.393 e. The molecule has 3 rings (SSSR count). The van der Waals surface area contributed by atoms with Gasteiger partial charge in [0, 0.05) is 43.4 Å². The van der Waals surface area contributed by atoms with Gasteiger partial charge in [-0.15, -0.1) is 0 Å². The first-order chi connectivity index (χ1) is 11.7. The molecule has 0 saturated heterocycles. The first-order valence-corrected chi connectivity index (χ1v) is 8.32. The van der Waals surface area contributed by atoms with Gasteiger partial charge >= 0.3 is 0 Å². The second-order valence-electron chi connectivity index (χ2n) is 6.32. The van der Waals surface area contributed by atoms with Crippen molar-refractivity contribution in [2.45, 2.75) is 44.2 Å². The first kappa shape index (κ1) is 16.5. The van der Waals surface area contributed by atoms with Crippen LogP contribution < -0.4 is 5.32 Å². The van der Waals surface area contributed by atoms with Crippen LogP contribution in [-0.4, -0.2) is 38.1 Å². The number of aliphatic hydroxyl groups excluding tert-OH is 1. The van der Waals surface area contributed by atoms with Crippen LogP contribution in [0.4, 0.5) is 0 Å². The second-order valence-corrected chi connectivity index (χ2v) is 6.32. The van der Waals surface area contributed by atoms with E-state index in [1.807, 2.05) is 12.1 Å². The molecule has 24 heavy (non-hydrogen) atoms. The first-order valence-electron chi connectivity index (χ1n) is 8.32. The lowest BCUT2D eigenvalue weighted by atomic mass is 9.75. The van der Waals surface area contributed by atoms with Crippen molar-refractivity contribution in [1.82, 2.24) is 20.3 Å². The van der Waals surface area contributed by atoms with Gasteiger partial charge < -0.3 is 10.4 Å². The molecule has 0 aromatic carbocycles. The summed E-state index contributed by atoms with van der Waals surface area (Å²) in [6.07, 6.45) is 11.5. The molecule has 0 spiro atoms. The van der Waals surface area contributed by atoms with Crippen LogP contribution in [0.25, 0.3) is 0 Å². The van der Waals surface area contributed by atoms with Crippen molar-refractivity contribution in [2.24, 2.45) is 5.92 Å². The van der Waals surface area contributed by atoms with E-state index >= 15 is 0 Å². The van der Waals surface area contributed by atoms with Crippen molar-refractivity contribution in [3.8, 4) is 0 Å². The minimum atomic E-state index is -0.230. The number of aliphatic hydroxyl groups is 1. The summed E-state index contributed by atoms with van der Waals surface area (Å²) in [5, 5.41) is 12.7. The van der Waals surface area contributed by atoms with Gasteiger partial charge in [0.25, 0.3) is 0 Å². The third kappa shape index (κ3) is 4.58. The Morgan fingerprint density at radius 1 is 1.21 bits per heavy atom. The summed E-state index contributed by atoms with van der Waals surface area (Å²) in [7, 11) is 0. The van der Waals surface area contributed by atoms with Gasteiger partial charge in [0.1, 0.15) is 0 Å². The minimum Gasteiger partial charge on any atom is -0.393 e. The number of nitrogens with zero attached hydrogens (tertiary/aromatic N) is 3. The normalized spacial score (nSPS) is 20.9. The van der Waals surface area contributed by atoms with Crippen LogP contribution in [0.15, 0.2) is 43.1 Å². The molecule has 0 radical (unpaired) electrons.